The molecular weight excluding hydrogens is 138 g/mol. The van der Waals surface area contributed by atoms with E-state index in [2.05, 4.69) is 18.7 Å². The fourth-order valence-electron chi connectivity index (χ4n) is 2.33. The third-order valence-corrected chi connectivity index (χ3v) is 3.29. The molecule has 11 heavy (non-hydrogen) atoms. The largest absolute Gasteiger partial charge is 0.393 e. The fraction of sp³-hybridized carbons (Fsp3) is 1.00. The molecule has 3 unspecified atom stereocenters. The van der Waals surface area contributed by atoms with Crippen LogP contribution in [0.15, 0.2) is 0 Å². The lowest BCUT2D eigenvalue weighted by Crippen LogP contribution is -2.39. The number of fused-ring (bicyclic) bond motifs is 1. The normalized spacial score (nSPS) is 44.2. The van der Waals surface area contributed by atoms with E-state index in [9.17, 15) is 5.11 Å². The summed E-state index contributed by atoms with van der Waals surface area (Å²) < 4.78 is 0. The zero-order chi connectivity index (χ0) is 8.01. The van der Waals surface area contributed by atoms with E-state index in [0.29, 0.717) is 12.0 Å². The Kier molecular flexibility index (Phi) is 1.69. The van der Waals surface area contributed by atoms with Crippen molar-refractivity contribution in [2.75, 3.05) is 13.1 Å². The molecule has 2 nitrogen and oxygen atoms in total. The summed E-state index contributed by atoms with van der Waals surface area (Å²) in [5.74, 6) is 1.42. The highest BCUT2D eigenvalue weighted by Crippen LogP contribution is 2.41. The first-order valence-corrected chi connectivity index (χ1v) is 4.60. The molecule has 2 fully saturated rings. The molecule has 64 valence electrons. The molecule has 0 spiro atoms. The van der Waals surface area contributed by atoms with Crippen molar-refractivity contribution in [3.63, 3.8) is 0 Å². The van der Waals surface area contributed by atoms with E-state index in [1.54, 1.807) is 0 Å². The SMILES string of the molecule is CC(C)N1CC2CC(O)C2C1. The summed E-state index contributed by atoms with van der Waals surface area (Å²) in [4.78, 5) is 2.48. The van der Waals surface area contributed by atoms with Gasteiger partial charge < -0.3 is 10.0 Å². The van der Waals surface area contributed by atoms with Crippen LogP contribution < -0.4 is 0 Å². The summed E-state index contributed by atoms with van der Waals surface area (Å²) >= 11 is 0. The van der Waals surface area contributed by atoms with Crippen LogP contribution in [0, 0.1) is 11.8 Å². The molecule has 1 saturated carbocycles. The molecule has 2 rings (SSSR count). The van der Waals surface area contributed by atoms with Gasteiger partial charge in [0, 0.05) is 25.0 Å². The maximum absolute atomic E-state index is 9.39. The van der Waals surface area contributed by atoms with Crippen molar-refractivity contribution >= 4 is 0 Å². The van der Waals surface area contributed by atoms with Crippen LogP contribution in [0.3, 0.4) is 0 Å². The molecule has 0 aromatic rings. The number of likely N-dealkylation sites (tertiary alicyclic amines) is 1. The Morgan fingerprint density at radius 2 is 2.09 bits per heavy atom. The molecular formula is C9H17NO. The molecule has 1 aliphatic carbocycles. The zero-order valence-corrected chi connectivity index (χ0v) is 7.33. The molecule has 1 N–H and O–H groups in total. The summed E-state index contributed by atoms with van der Waals surface area (Å²) in [6.07, 6.45) is 1.07. The third kappa shape index (κ3) is 1.09. The monoisotopic (exact) mass is 155 g/mol. The first-order valence-electron chi connectivity index (χ1n) is 4.60. The summed E-state index contributed by atoms with van der Waals surface area (Å²) in [6, 6.07) is 0.660. The van der Waals surface area contributed by atoms with E-state index in [1.807, 2.05) is 0 Å². The van der Waals surface area contributed by atoms with Gasteiger partial charge in [-0.3, -0.25) is 0 Å². The van der Waals surface area contributed by atoms with Crippen LogP contribution in [-0.4, -0.2) is 35.2 Å². The molecule has 1 saturated heterocycles. The third-order valence-electron chi connectivity index (χ3n) is 3.29. The second-order valence-corrected chi connectivity index (χ2v) is 4.27. The van der Waals surface area contributed by atoms with Crippen molar-refractivity contribution in [1.82, 2.24) is 4.90 Å². The molecule has 2 aliphatic rings. The molecule has 1 aliphatic heterocycles. The van der Waals surface area contributed by atoms with E-state index < -0.39 is 0 Å². The number of hydrogen-bond acceptors (Lipinski definition) is 2. The Hall–Kier alpha value is -0.0800. The van der Waals surface area contributed by atoms with Crippen LogP contribution in [0.4, 0.5) is 0 Å². The van der Waals surface area contributed by atoms with Crippen molar-refractivity contribution in [1.29, 1.82) is 0 Å². The number of rotatable bonds is 1. The number of aliphatic hydroxyl groups excluding tert-OH is 1. The molecule has 0 amide bonds. The Balaban J connectivity index is 1.93. The second-order valence-electron chi connectivity index (χ2n) is 4.27. The minimum atomic E-state index is 0.0174. The predicted molar refractivity (Wildman–Crippen MR) is 44.3 cm³/mol. The van der Waals surface area contributed by atoms with Gasteiger partial charge in [-0.15, -0.1) is 0 Å². The number of hydrogen-bond donors (Lipinski definition) is 1. The van der Waals surface area contributed by atoms with Crippen molar-refractivity contribution in [2.45, 2.75) is 32.4 Å². The highest BCUT2D eigenvalue weighted by Gasteiger charge is 2.46. The Morgan fingerprint density at radius 3 is 2.55 bits per heavy atom. The summed E-state index contributed by atoms with van der Waals surface area (Å²) in [5, 5.41) is 9.39. The van der Waals surface area contributed by atoms with Crippen molar-refractivity contribution in [2.24, 2.45) is 11.8 Å². The molecule has 0 aromatic carbocycles. The van der Waals surface area contributed by atoms with Crippen LogP contribution in [0.1, 0.15) is 20.3 Å². The molecule has 0 radical (unpaired) electrons. The molecule has 2 heteroatoms. The van der Waals surface area contributed by atoms with Gasteiger partial charge in [0.15, 0.2) is 0 Å². The lowest BCUT2D eigenvalue weighted by molar-refractivity contribution is -0.00440. The average Bonchev–Trinajstić information content (AvgIpc) is 2.26. The van der Waals surface area contributed by atoms with Crippen LogP contribution in [-0.2, 0) is 0 Å². The van der Waals surface area contributed by atoms with Gasteiger partial charge in [0.2, 0.25) is 0 Å². The van der Waals surface area contributed by atoms with Crippen LogP contribution >= 0.6 is 0 Å². The van der Waals surface area contributed by atoms with Gasteiger partial charge in [0.25, 0.3) is 0 Å². The predicted octanol–water partition coefficient (Wildman–Crippen LogP) is 0.707. The van der Waals surface area contributed by atoms with E-state index in [4.69, 9.17) is 0 Å². The standard InChI is InChI=1S/C9H17NO/c1-6(2)10-4-7-3-9(11)8(7)5-10/h6-9,11H,3-5H2,1-2H3. The Labute approximate surface area is 68.2 Å². The van der Waals surface area contributed by atoms with Crippen LogP contribution in [0.2, 0.25) is 0 Å². The minimum Gasteiger partial charge on any atom is -0.393 e. The van der Waals surface area contributed by atoms with E-state index >= 15 is 0 Å². The zero-order valence-electron chi connectivity index (χ0n) is 7.33. The smallest absolute Gasteiger partial charge is 0.0587 e. The first-order chi connectivity index (χ1) is 5.18. The van der Waals surface area contributed by atoms with E-state index in [0.717, 1.165) is 18.9 Å². The Morgan fingerprint density at radius 1 is 1.36 bits per heavy atom. The highest BCUT2D eigenvalue weighted by molar-refractivity contribution is 4.98. The molecule has 3 atom stereocenters. The highest BCUT2D eigenvalue weighted by atomic mass is 16.3. The summed E-state index contributed by atoms with van der Waals surface area (Å²) in [5.41, 5.74) is 0. The number of aliphatic hydroxyl groups is 1. The van der Waals surface area contributed by atoms with Crippen molar-refractivity contribution < 1.29 is 5.11 Å². The minimum absolute atomic E-state index is 0.0174. The fourth-order valence-corrected chi connectivity index (χ4v) is 2.33. The molecule has 0 aromatic heterocycles. The molecule has 1 heterocycles. The lowest BCUT2D eigenvalue weighted by Gasteiger charge is -2.35. The van der Waals surface area contributed by atoms with Gasteiger partial charge in [-0.25, -0.2) is 0 Å². The van der Waals surface area contributed by atoms with Gasteiger partial charge >= 0.3 is 0 Å². The van der Waals surface area contributed by atoms with Crippen LogP contribution in [0.25, 0.3) is 0 Å². The first kappa shape index (κ1) is 7.56. The van der Waals surface area contributed by atoms with E-state index in [1.165, 1.54) is 6.54 Å². The summed E-state index contributed by atoms with van der Waals surface area (Å²) in [6.45, 7) is 6.82. The maximum atomic E-state index is 9.39. The van der Waals surface area contributed by atoms with Gasteiger partial charge in [-0.05, 0) is 26.2 Å². The Bertz CT molecular complexity index is 158. The van der Waals surface area contributed by atoms with E-state index in [-0.39, 0.29) is 6.10 Å². The topological polar surface area (TPSA) is 23.5 Å². The van der Waals surface area contributed by atoms with Gasteiger partial charge in [-0.1, -0.05) is 0 Å². The summed E-state index contributed by atoms with van der Waals surface area (Å²) in [7, 11) is 0. The second kappa shape index (κ2) is 2.46. The number of nitrogens with zero attached hydrogens (tertiary/aromatic N) is 1. The quantitative estimate of drug-likeness (QED) is 0.602. The van der Waals surface area contributed by atoms with Crippen molar-refractivity contribution in [3.05, 3.63) is 0 Å². The van der Waals surface area contributed by atoms with Crippen molar-refractivity contribution in [3.8, 4) is 0 Å². The average molecular weight is 155 g/mol. The van der Waals surface area contributed by atoms with Gasteiger partial charge in [-0.2, -0.15) is 0 Å². The van der Waals surface area contributed by atoms with Gasteiger partial charge in [0.1, 0.15) is 0 Å². The molecule has 0 bridgehead atoms. The van der Waals surface area contributed by atoms with Crippen LogP contribution in [0.5, 0.6) is 0 Å². The maximum Gasteiger partial charge on any atom is 0.0587 e. The van der Waals surface area contributed by atoms with Gasteiger partial charge in [0.05, 0.1) is 6.10 Å². The lowest BCUT2D eigenvalue weighted by atomic mass is 9.74.